The van der Waals surface area contributed by atoms with Gasteiger partial charge in [0.05, 0.1) is 12.6 Å². The molecule has 2 atom stereocenters. The molecule has 1 heteroatoms. The van der Waals surface area contributed by atoms with Crippen LogP contribution in [-0.2, 0) is 0 Å². The van der Waals surface area contributed by atoms with Crippen LogP contribution in [0.3, 0.4) is 0 Å². The van der Waals surface area contributed by atoms with Crippen molar-refractivity contribution in [2.24, 2.45) is 0 Å². The van der Waals surface area contributed by atoms with E-state index in [0.29, 0.717) is 0 Å². The Kier molecular flexibility index (Phi) is 0.845. The van der Waals surface area contributed by atoms with Crippen LogP contribution in [0.1, 0.15) is 13.3 Å². The van der Waals surface area contributed by atoms with Gasteiger partial charge in [0.25, 0.3) is 0 Å². The molecule has 0 radical (unpaired) electrons. The molecule has 0 aliphatic carbocycles. The van der Waals surface area contributed by atoms with Gasteiger partial charge in [-0.3, -0.25) is 0 Å². The molecule has 1 heterocycles. The molecule has 0 amide bonds. The van der Waals surface area contributed by atoms with Crippen LogP contribution in [0.15, 0.2) is 0 Å². The van der Waals surface area contributed by atoms with E-state index >= 15 is 0 Å². The van der Waals surface area contributed by atoms with Gasteiger partial charge in [0.15, 0.2) is 0 Å². The smallest absolute Gasteiger partial charge is 0.0660 e. The highest BCUT2D eigenvalue weighted by Gasteiger charge is 2.17. The van der Waals surface area contributed by atoms with Gasteiger partial charge in [-0.2, -0.15) is 7.05 Å². The summed E-state index contributed by atoms with van der Waals surface area (Å²) in [5, 5.41) is 0. The highest BCUT2D eigenvalue weighted by Crippen LogP contribution is 1.89. The lowest BCUT2D eigenvalue weighted by molar-refractivity contribution is -0.922. The fraction of sp³-hybridized carbons (Fsp3) is 0.800. The molecule has 0 bridgehead atoms. The Morgan fingerprint density at radius 1 is 1.83 bits per heavy atom. The Labute approximate surface area is 39.0 Å². The molecule has 0 aromatic carbocycles. The van der Waals surface area contributed by atoms with Gasteiger partial charge in [0.2, 0.25) is 0 Å². The first kappa shape index (κ1) is 4.13. The number of nitrogens with one attached hydrogen (secondary N) is 1. The zero-order valence-electron chi connectivity index (χ0n) is 4.20. The van der Waals surface area contributed by atoms with E-state index in [1.54, 1.807) is 0 Å². The monoisotopic (exact) mass is 85.1 g/mol. The minimum absolute atomic E-state index is 0.838. The van der Waals surface area contributed by atoms with E-state index < -0.39 is 0 Å². The van der Waals surface area contributed by atoms with Crippen LogP contribution >= 0.6 is 0 Å². The van der Waals surface area contributed by atoms with Crippen molar-refractivity contribution < 1.29 is 4.90 Å². The molecule has 1 unspecified atom stereocenters. The van der Waals surface area contributed by atoms with Gasteiger partial charge in [0.1, 0.15) is 0 Å². The maximum atomic E-state index is 3.84. The predicted octanol–water partition coefficient (Wildman–Crippen LogP) is -0.545. The van der Waals surface area contributed by atoms with E-state index in [2.05, 4.69) is 14.0 Å². The van der Waals surface area contributed by atoms with E-state index in [9.17, 15) is 0 Å². The summed E-state index contributed by atoms with van der Waals surface area (Å²) in [5.74, 6) is 0. The second-order valence-corrected chi connectivity index (χ2v) is 2.10. The van der Waals surface area contributed by atoms with Crippen molar-refractivity contribution in [3.05, 3.63) is 7.05 Å². The van der Waals surface area contributed by atoms with Crippen molar-refractivity contribution >= 4 is 0 Å². The van der Waals surface area contributed by atoms with Crippen LogP contribution in [0.4, 0.5) is 0 Å². The first-order valence-corrected chi connectivity index (χ1v) is 2.48. The molecule has 1 fully saturated rings. The van der Waals surface area contributed by atoms with Crippen molar-refractivity contribution in [3.8, 4) is 0 Å². The van der Waals surface area contributed by atoms with E-state index in [4.69, 9.17) is 0 Å². The molecule has 0 aromatic heterocycles. The topological polar surface area (TPSA) is 4.44 Å². The summed E-state index contributed by atoms with van der Waals surface area (Å²) < 4.78 is 0. The Hall–Kier alpha value is -0.0400. The third-order valence-corrected chi connectivity index (χ3v) is 1.60. The fourth-order valence-corrected chi connectivity index (χ4v) is 0.637. The lowest BCUT2D eigenvalue weighted by Gasteiger charge is -2.37. The zero-order chi connectivity index (χ0) is 4.57. The highest BCUT2D eigenvalue weighted by atomic mass is 15.2. The van der Waals surface area contributed by atoms with Crippen LogP contribution in [0.2, 0.25) is 0 Å². The molecule has 0 spiro atoms. The van der Waals surface area contributed by atoms with E-state index in [1.807, 2.05) is 0 Å². The van der Waals surface area contributed by atoms with Crippen molar-refractivity contribution in [1.82, 2.24) is 0 Å². The first-order chi connectivity index (χ1) is 2.80. The van der Waals surface area contributed by atoms with Crippen LogP contribution in [0, 0.1) is 7.05 Å². The SMILES string of the molecule is [CH2-][NH+]1CC[C@H]1C. The largest absolute Gasteiger partial charge is 0.465 e. The number of rotatable bonds is 0. The van der Waals surface area contributed by atoms with Gasteiger partial charge >= 0.3 is 0 Å². The maximum absolute atomic E-state index is 3.84. The molecule has 0 saturated carbocycles. The summed E-state index contributed by atoms with van der Waals surface area (Å²) in [6.07, 6.45) is 1.37. The Bertz CT molecular complexity index is 43.9. The van der Waals surface area contributed by atoms with Gasteiger partial charge in [-0.1, -0.05) is 0 Å². The molecule has 1 aliphatic heterocycles. The van der Waals surface area contributed by atoms with Crippen molar-refractivity contribution in [2.75, 3.05) is 6.54 Å². The highest BCUT2D eigenvalue weighted by molar-refractivity contribution is 4.54. The van der Waals surface area contributed by atoms with Gasteiger partial charge in [0, 0.05) is 6.42 Å². The Balaban J connectivity index is 2.20. The van der Waals surface area contributed by atoms with Gasteiger partial charge in [-0.25, -0.2) is 0 Å². The number of quaternary nitrogens is 1. The van der Waals surface area contributed by atoms with Crippen LogP contribution in [-0.4, -0.2) is 12.6 Å². The molecule has 1 nitrogen and oxygen atoms in total. The molecule has 36 valence electrons. The molecule has 0 aromatic rings. The van der Waals surface area contributed by atoms with Crippen LogP contribution in [0.5, 0.6) is 0 Å². The van der Waals surface area contributed by atoms with Gasteiger partial charge in [-0.05, 0) is 6.92 Å². The van der Waals surface area contributed by atoms with Crippen LogP contribution < -0.4 is 4.90 Å². The molecule has 1 rings (SSSR count). The maximum Gasteiger partial charge on any atom is 0.0660 e. The lowest BCUT2D eigenvalue weighted by Crippen LogP contribution is -3.17. The van der Waals surface area contributed by atoms with Gasteiger partial charge in [-0.15, -0.1) is 0 Å². The zero-order valence-corrected chi connectivity index (χ0v) is 4.20. The van der Waals surface area contributed by atoms with Crippen LogP contribution in [0.25, 0.3) is 0 Å². The van der Waals surface area contributed by atoms with E-state index in [-0.39, 0.29) is 0 Å². The standard InChI is InChI=1S/C5H11N/c1-5-3-4-6(5)2/h5-6H,2-4H2,1H3/t5-/m1/s1. The molecular weight excluding hydrogens is 74.1 g/mol. The van der Waals surface area contributed by atoms with Crippen molar-refractivity contribution in [1.29, 1.82) is 0 Å². The molecule has 1 N–H and O–H groups in total. The fourth-order valence-electron chi connectivity index (χ4n) is 0.637. The molecule has 1 saturated heterocycles. The summed E-state index contributed by atoms with van der Waals surface area (Å²) in [4.78, 5) is 1.44. The first-order valence-electron chi connectivity index (χ1n) is 2.48. The molecule has 6 heavy (non-hydrogen) atoms. The third-order valence-electron chi connectivity index (χ3n) is 1.60. The summed E-state index contributed by atoms with van der Waals surface area (Å²) in [6, 6.07) is 0.838. The summed E-state index contributed by atoms with van der Waals surface area (Å²) >= 11 is 0. The quantitative estimate of drug-likeness (QED) is 0.377. The normalized spacial score (nSPS) is 45.0. The number of hydrogen-bond acceptors (Lipinski definition) is 0. The second kappa shape index (κ2) is 1.23. The van der Waals surface area contributed by atoms with E-state index in [0.717, 1.165) is 6.04 Å². The average molecular weight is 85.1 g/mol. The average Bonchev–Trinajstić information content (AvgIpc) is 1.61. The minimum atomic E-state index is 0.838. The number of likely N-dealkylation sites (tertiary alicyclic amines) is 1. The Morgan fingerprint density at radius 2 is 2.33 bits per heavy atom. The minimum Gasteiger partial charge on any atom is -0.465 e. The predicted molar refractivity (Wildman–Crippen MR) is 25.3 cm³/mol. The molecular formula is C5H11N. The third kappa shape index (κ3) is 0.432. The number of hydrogen-bond donors (Lipinski definition) is 1. The van der Waals surface area contributed by atoms with E-state index in [1.165, 1.54) is 17.9 Å². The van der Waals surface area contributed by atoms with Crippen molar-refractivity contribution in [3.63, 3.8) is 0 Å². The lowest BCUT2D eigenvalue weighted by atomic mass is 10.1. The summed E-state index contributed by atoms with van der Waals surface area (Å²) in [7, 11) is 3.84. The van der Waals surface area contributed by atoms with Gasteiger partial charge < -0.3 is 4.90 Å². The van der Waals surface area contributed by atoms with Crippen molar-refractivity contribution in [2.45, 2.75) is 19.4 Å². The Morgan fingerprint density at radius 3 is 2.33 bits per heavy atom. The summed E-state index contributed by atoms with van der Waals surface area (Å²) in [5.41, 5.74) is 0. The second-order valence-electron chi connectivity index (χ2n) is 2.10. The summed E-state index contributed by atoms with van der Waals surface area (Å²) in [6.45, 7) is 3.51. The molecule has 1 aliphatic rings.